The Morgan fingerprint density at radius 1 is 1.23 bits per heavy atom. The molecule has 0 aromatic heterocycles. The molecule has 7 heteroatoms. The molecule has 0 heterocycles. The van der Waals surface area contributed by atoms with Crippen molar-refractivity contribution in [2.75, 3.05) is 0 Å². The summed E-state index contributed by atoms with van der Waals surface area (Å²) in [7, 11) is 0. The predicted molar refractivity (Wildman–Crippen MR) is 104 cm³/mol. The third-order valence-electron chi connectivity index (χ3n) is 8.64. The first kappa shape index (κ1) is 21.3. The number of halogens is 2. The number of fused-ring (bicyclic) bond motifs is 5. The van der Waals surface area contributed by atoms with E-state index in [4.69, 9.17) is 4.74 Å². The highest BCUT2D eigenvalue weighted by molar-refractivity contribution is 6.01. The van der Waals surface area contributed by atoms with Gasteiger partial charge in [0.1, 0.15) is 6.17 Å². The number of alkyl halides is 2. The molecular weight excluding hydrogens is 394 g/mol. The minimum absolute atomic E-state index is 0.0622. The van der Waals surface area contributed by atoms with Crippen LogP contribution in [0.25, 0.3) is 0 Å². The highest BCUT2D eigenvalue weighted by Gasteiger charge is 2.76. The van der Waals surface area contributed by atoms with Crippen LogP contribution in [0.2, 0.25) is 0 Å². The largest absolute Gasteiger partial charge is 0.451 e. The number of hydrogen-bond donors (Lipinski definition) is 1. The molecule has 164 valence electrons. The average molecular weight is 422 g/mol. The van der Waals surface area contributed by atoms with E-state index < -0.39 is 58.0 Å². The van der Waals surface area contributed by atoms with Crippen LogP contribution < -0.4 is 0 Å². The van der Waals surface area contributed by atoms with E-state index in [1.165, 1.54) is 32.9 Å². The van der Waals surface area contributed by atoms with Gasteiger partial charge in [0.05, 0.1) is 6.10 Å². The van der Waals surface area contributed by atoms with Crippen molar-refractivity contribution in [2.45, 2.75) is 76.9 Å². The Bertz CT molecular complexity index is 896. The van der Waals surface area contributed by atoms with Crippen LogP contribution in [0, 0.1) is 22.7 Å². The molecule has 1 N–H and O–H groups in total. The summed E-state index contributed by atoms with van der Waals surface area (Å²) in [5.41, 5.74) is -6.09. The highest BCUT2D eigenvalue weighted by atomic mass is 19.1. The van der Waals surface area contributed by atoms with Gasteiger partial charge in [0.15, 0.2) is 22.8 Å². The lowest BCUT2D eigenvalue weighted by Gasteiger charge is -2.63. The highest BCUT2D eigenvalue weighted by Crippen LogP contribution is 2.70. The summed E-state index contributed by atoms with van der Waals surface area (Å²) in [6.07, 6.45) is 1.02. The van der Waals surface area contributed by atoms with Crippen LogP contribution in [0.3, 0.4) is 0 Å². The van der Waals surface area contributed by atoms with Gasteiger partial charge in [-0.2, -0.15) is 0 Å². The molecule has 0 aliphatic heterocycles. The molecule has 0 radical (unpaired) electrons. The van der Waals surface area contributed by atoms with E-state index in [1.54, 1.807) is 6.92 Å². The van der Waals surface area contributed by atoms with E-state index >= 15 is 8.78 Å². The van der Waals surface area contributed by atoms with Crippen molar-refractivity contribution in [2.24, 2.45) is 22.7 Å². The van der Waals surface area contributed by atoms with Crippen LogP contribution in [0.4, 0.5) is 8.78 Å². The molecule has 3 saturated carbocycles. The van der Waals surface area contributed by atoms with Gasteiger partial charge < -0.3 is 9.84 Å². The standard InChI is InChI=1S/C23H28F2O5/c1-12(26)22(30-13(2)27)8-6-15-16-10-18(24)17-9-14(28)5-7-20(17,3)23(16,25)19(29)11-21(15,22)4/h5,7,9,15-16,18-19,29H,6,8,10-11H2,1-4H3/t15?,16?,18-,19?,20?,21?,22-,23-/m0/s1. The lowest BCUT2D eigenvalue weighted by Crippen LogP contribution is -2.70. The Morgan fingerprint density at radius 2 is 1.90 bits per heavy atom. The number of aliphatic hydroxyl groups is 1. The first-order valence-electron chi connectivity index (χ1n) is 10.5. The van der Waals surface area contributed by atoms with Crippen molar-refractivity contribution >= 4 is 17.5 Å². The number of hydrogen-bond acceptors (Lipinski definition) is 5. The zero-order valence-corrected chi connectivity index (χ0v) is 17.7. The Kier molecular flexibility index (Phi) is 4.49. The van der Waals surface area contributed by atoms with Crippen LogP contribution >= 0.6 is 0 Å². The fourth-order valence-electron chi connectivity index (χ4n) is 7.25. The second-order valence-electron chi connectivity index (χ2n) is 9.87. The van der Waals surface area contributed by atoms with Crippen molar-refractivity contribution in [1.82, 2.24) is 0 Å². The monoisotopic (exact) mass is 422 g/mol. The Morgan fingerprint density at radius 3 is 2.50 bits per heavy atom. The van der Waals surface area contributed by atoms with E-state index in [-0.39, 0.29) is 30.6 Å². The number of carbonyl (C=O) groups is 3. The predicted octanol–water partition coefficient (Wildman–Crippen LogP) is 3.20. The summed E-state index contributed by atoms with van der Waals surface area (Å²) in [5, 5.41) is 11.2. The van der Waals surface area contributed by atoms with Gasteiger partial charge in [-0.05, 0) is 63.2 Å². The van der Waals surface area contributed by atoms with E-state index in [0.717, 1.165) is 6.08 Å². The summed E-state index contributed by atoms with van der Waals surface area (Å²) >= 11 is 0. The first-order valence-corrected chi connectivity index (χ1v) is 10.5. The van der Waals surface area contributed by atoms with Gasteiger partial charge in [-0.3, -0.25) is 14.4 Å². The van der Waals surface area contributed by atoms with Gasteiger partial charge in [-0.15, -0.1) is 0 Å². The van der Waals surface area contributed by atoms with Crippen molar-refractivity contribution < 1.29 is 33.0 Å². The number of carbonyl (C=O) groups excluding carboxylic acids is 3. The Balaban J connectivity index is 1.86. The molecule has 4 rings (SSSR count). The fourth-order valence-corrected chi connectivity index (χ4v) is 7.25. The molecule has 0 saturated heterocycles. The molecule has 0 spiro atoms. The first-order chi connectivity index (χ1) is 13.8. The summed E-state index contributed by atoms with van der Waals surface area (Å²) in [6.45, 7) is 5.85. The minimum Gasteiger partial charge on any atom is -0.451 e. The lowest BCUT2D eigenvalue weighted by molar-refractivity contribution is -0.227. The number of allylic oxidation sites excluding steroid dienone is 4. The van der Waals surface area contributed by atoms with Crippen LogP contribution in [0.5, 0.6) is 0 Å². The molecule has 5 nitrogen and oxygen atoms in total. The van der Waals surface area contributed by atoms with Gasteiger partial charge in [-0.25, -0.2) is 8.78 Å². The molecular formula is C23H28F2O5. The van der Waals surface area contributed by atoms with E-state index in [1.807, 2.05) is 0 Å². The lowest BCUT2D eigenvalue weighted by atomic mass is 9.44. The van der Waals surface area contributed by atoms with Crippen molar-refractivity contribution in [3.63, 3.8) is 0 Å². The van der Waals surface area contributed by atoms with E-state index in [9.17, 15) is 19.5 Å². The number of ketones is 2. The van der Waals surface area contributed by atoms with Crippen LogP contribution in [0.1, 0.15) is 53.4 Å². The molecule has 0 aromatic rings. The van der Waals surface area contributed by atoms with Crippen LogP contribution in [-0.2, 0) is 19.1 Å². The fraction of sp³-hybridized carbons (Fsp3) is 0.696. The Hall–Kier alpha value is -1.89. The van der Waals surface area contributed by atoms with Crippen molar-refractivity contribution in [3.05, 3.63) is 23.8 Å². The summed E-state index contributed by atoms with van der Waals surface area (Å²) in [4.78, 5) is 36.4. The number of rotatable bonds is 2. The molecule has 30 heavy (non-hydrogen) atoms. The number of aliphatic hydroxyl groups excluding tert-OH is 1. The topological polar surface area (TPSA) is 80.7 Å². The average Bonchev–Trinajstić information content (AvgIpc) is 2.92. The van der Waals surface area contributed by atoms with Crippen LogP contribution in [0.15, 0.2) is 23.8 Å². The maximum atomic E-state index is 16.9. The second-order valence-corrected chi connectivity index (χ2v) is 9.87. The quantitative estimate of drug-likeness (QED) is 0.692. The van der Waals surface area contributed by atoms with Gasteiger partial charge >= 0.3 is 5.97 Å². The van der Waals surface area contributed by atoms with Gasteiger partial charge in [0, 0.05) is 23.7 Å². The van der Waals surface area contributed by atoms with Gasteiger partial charge in [-0.1, -0.05) is 13.0 Å². The normalized spacial score (nSPS) is 49.6. The second kappa shape index (κ2) is 6.31. The zero-order chi connectivity index (χ0) is 22.3. The summed E-state index contributed by atoms with van der Waals surface area (Å²) in [6, 6.07) is 0. The number of esters is 1. The summed E-state index contributed by atoms with van der Waals surface area (Å²) < 4.78 is 37.8. The van der Waals surface area contributed by atoms with Gasteiger partial charge in [0.25, 0.3) is 0 Å². The Labute approximate surface area is 174 Å². The minimum atomic E-state index is -2.20. The molecule has 0 aromatic carbocycles. The summed E-state index contributed by atoms with van der Waals surface area (Å²) in [5.74, 6) is -2.70. The van der Waals surface area contributed by atoms with Crippen molar-refractivity contribution in [1.29, 1.82) is 0 Å². The SMILES string of the molecule is CC(=O)O[C@]1(C(C)=O)CCC2C3C[C@H](F)C4=CC(=O)C=CC4(C)[C@@]3(F)C(O)CC21C. The third-order valence-corrected chi connectivity index (χ3v) is 8.64. The molecule has 4 aliphatic rings. The third kappa shape index (κ3) is 2.33. The molecule has 4 aliphatic carbocycles. The number of ether oxygens (including phenoxy) is 1. The molecule has 3 fully saturated rings. The van der Waals surface area contributed by atoms with E-state index in [2.05, 4.69) is 0 Å². The van der Waals surface area contributed by atoms with Crippen molar-refractivity contribution in [3.8, 4) is 0 Å². The molecule has 8 atom stereocenters. The molecule has 0 bridgehead atoms. The number of Topliss-reactive ketones (excluding diaryl/α,β-unsaturated/α-hetero) is 1. The maximum Gasteiger partial charge on any atom is 0.303 e. The molecule has 5 unspecified atom stereocenters. The smallest absolute Gasteiger partial charge is 0.303 e. The molecule has 0 amide bonds. The zero-order valence-electron chi connectivity index (χ0n) is 17.7. The van der Waals surface area contributed by atoms with E-state index in [0.29, 0.717) is 6.42 Å². The maximum absolute atomic E-state index is 16.9. The van der Waals surface area contributed by atoms with Crippen LogP contribution in [-0.4, -0.2) is 46.2 Å². The van der Waals surface area contributed by atoms with Gasteiger partial charge in [0.2, 0.25) is 0 Å².